The van der Waals surface area contributed by atoms with Crippen LogP contribution in [-0.2, 0) is 4.79 Å². The van der Waals surface area contributed by atoms with Gasteiger partial charge in [-0.05, 0) is 56.7 Å². The molecule has 2 aromatic carbocycles. The predicted octanol–water partition coefficient (Wildman–Crippen LogP) is 5.58. The molecule has 2 heterocycles. The summed E-state index contributed by atoms with van der Waals surface area (Å²) in [6.45, 7) is 8.22. The van der Waals surface area contributed by atoms with Crippen LogP contribution in [0, 0.1) is 6.92 Å². The molecular formula is C25H28N4O3S. The summed E-state index contributed by atoms with van der Waals surface area (Å²) in [5.41, 5.74) is 3.89. The maximum absolute atomic E-state index is 12.9. The van der Waals surface area contributed by atoms with Crippen LogP contribution < -0.4 is 14.4 Å². The summed E-state index contributed by atoms with van der Waals surface area (Å²) in [6.07, 6.45) is 1.47. The molecule has 0 N–H and O–H groups in total. The molecule has 0 spiro atoms. The van der Waals surface area contributed by atoms with E-state index in [2.05, 4.69) is 17.1 Å². The van der Waals surface area contributed by atoms with Crippen LogP contribution >= 0.6 is 11.8 Å². The Morgan fingerprint density at radius 1 is 1.15 bits per heavy atom. The first-order valence-corrected chi connectivity index (χ1v) is 12.2. The Labute approximate surface area is 198 Å². The minimum absolute atomic E-state index is 0.141. The summed E-state index contributed by atoms with van der Waals surface area (Å²) >= 11 is 1.56. The number of anilines is 1. The van der Waals surface area contributed by atoms with Crippen LogP contribution in [-0.4, -0.2) is 33.4 Å². The number of carbonyl (C=O) groups excluding carboxylic acids is 1. The van der Waals surface area contributed by atoms with E-state index in [1.54, 1.807) is 16.7 Å². The second-order valence-electron chi connectivity index (χ2n) is 7.83. The predicted molar refractivity (Wildman–Crippen MR) is 130 cm³/mol. The molecule has 0 aliphatic carbocycles. The van der Waals surface area contributed by atoms with E-state index in [9.17, 15) is 4.79 Å². The third-order valence-electron chi connectivity index (χ3n) is 5.30. The maximum Gasteiger partial charge on any atom is 0.247 e. The fourth-order valence-corrected chi connectivity index (χ4v) is 4.56. The molecule has 0 radical (unpaired) electrons. The number of benzene rings is 2. The minimum atomic E-state index is -0.703. The average Bonchev–Trinajstić information content (AvgIpc) is 2.94. The molecular weight excluding hydrogens is 436 g/mol. The van der Waals surface area contributed by atoms with E-state index in [0.717, 1.165) is 41.0 Å². The number of thioether (sulfide) groups is 1. The zero-order valence-corrected chi connectivity index (χ0v) is 20.2. The molecule has 8 heteroatoms. The number of fused-ring (bicyclic) bond motifs is 3. The lowest BCUT2D eigenvalue weighted by Gasteiger charge is -2.30. The van der Waals surface area contributed by atoms with Gasteiger partial charge in [-0.3, -0.25) is 9.69 Å². The standard InChI is InChI=1S/C25H28N4O3S/c1-5-7-14-33-25-26-23-22(27-28-25)20-15-16(3)8-13-21(20)29(17(4)30)24(32-23)18-9-11-19(12-10-18)31-6-2/h8-13,15,24H,5-7,14H2,1-4H3. The van der Waals surface area contributed by atoms with E-state index in [0.29, 0.717) is 29.0 Å². The molecule has 1 aliphatic rings. The van der Waals surface area contributed by atoms with Crippen molar-refractivity contribution in [1.82, 2.24) is 15.2 Å². The Morgan fingerprint density at radius 2 is 1.94 bits per heavy atom. The van der Waals surface area contributed by atoms with Gasteiger partial charge < -0.3 is 9.47 Å². The van der Waals surface area contributed by atoms with E-state index in [-0.39, 0.29) is 5.91 Å². The highest BCUT2D eigenvalue weighted by molar-refractivity contribution is 7.99. The Balaban J connectivity index is 1.83. The highest BCUT2D eigenvalue weighted by Crippen LogP contribution is 2.44. The number of ether oxygens (including phenoxy) is 2. The number of unbranched alkanes of at least 4 members (excludes halogenated alkanes) is 1. The molecule has 0 saturated heterocycles. The molecule has 172 valence electrons. The highest BCUT2D eigenvalue weighted by Gasteiger charge is 2.34. The third-order valence-corrected chi connectivity index (χ3v) is 6.23. The van der Waals surface area contributed by atoms with Crippen LogP contribution in [0.3, 0.4) is 0 Å². The van der Waals surface area contributed by atoms with Crippen molar-refractivity contribution >= 4 is 23.4 Å². The number of rotatable bonds is 7. The van der Waals surface area contributed by atoms with Gasteiger partial charge in [0.05, 0.1) is 12.3 Å². The lowest BCUT2D eigenvalue weighted by Crippen LogP contribution is -2.36. The monoisotopic (exact) mass is 464 g/mol. The molecule has 0 fully saturated rings. The number of hydrogen-bond donors (Lipinski definition) is 0. The van der Waals surface area contributed by atoms with Crippen molar-refractivity contribution in [3.05, 3.63) is 53.6 Å². The second-order valence-corrected chi connectivity index (χ2v) is 8.89. The van der Waals surface area contributed by atoms with E-state index in [4.69, 9.17) is 14.5 Å². The van der Waals surface area contributed by atoms with Gasteiger partial charge in [0.15, 0.2) is 5.69 Å². The molecule has 0 saturated carbocycles. The zero-order chi connectivity index (χ0) is 23.4. The topological polar surface area (TPSA) is 77.4 Å². The van der Waals surface area contributed by atoms with Crippen molar-refractivity contribution in [2.24, 2.45) is 0 Å². The molecule has 1 atom stereocenters. The largest absolute Gasteiger partial charge is 0.494 e. The van der Waals surface area contributed by atoms with Gasteiger partial charge in [-0.15, -0.1) is 10.2 Å². The summed E-state index contributed by atoms with van der Waals surface area (Å²) in [4.78, 5) is 19.3. The highest BCUT2D eigenvalue weighted by atomic mass is 32.2. The van der Waals surface area contributed by atoms with E-state index in [1.807, 2.05) is 56.3 Å². The first-order chi connectivity index (χ1) is 16.0. The van der Waals surface area contributed by atoms with Gasteiger partial charge in [-0.1, -0.05) is 36.7 Å². The normalized spacial score (nSPS) is 14.7. The Morgan fingerprint density at radius 3 is 2.64 bits per heavy atom. The Kier molecular flexibility index (Phi) is 7.13. The van der Waals surface area contributed by atoms with Gasteiger partial charge in [0.25, 0.3) is 0 Å². The number of amides is 1. The van der Waals surface area contributed by atoms with E-state index < -0.39 is 6.23 Å². The first kappa shape index (κ1) is 23.0. The van der Waals surface area contributed by atoms with Crippen molar-refractivity contribution in [3.63, 3.8) is 0 Å². The molecule has 7 nitrogen and oxygen atoms in total. The summed E-state index contributed by atoms with van der Waals surface area (Å²) in [5.74, 6) is 1.91. The van der Waals surface area contributed by atoms with Gasteiger partial charge in [0.2, 0.25) is 23.2 Å². The average molecular weight is 465 g/mol. The zero-order valence-electron chi connectivity index (χ0n) is 19.4. The van der Waals surface area contributed by atoms with Crippen LogP contribution in [0.5, 0.6) is 11.6 Å². The minimum Gasteiger partial charge on any atom is -0.494 e. The summed E-state index contributed by atoms with van der Waals surface area (Å²) < 4.78 is 12.0. The van der Waals surface area contributed by atoms with Crippen LogP contribution in [0.1, 0.15) is 51.0 Å². The van der Waals surface area contributed by atoms with E-state index in [1.165, 1.54) is 6.92 Å². The van der Waals surface area contributed by atoms with Crippen LogP contribution in [0.2, 0.25) is 0 Å². The number of aromatic nitrogens is 3. The number of aryl methyl sites for hydroxylation is 1. The van der Waals surface area contributed by atoms with Crippen molar-refractivity contribution < 1.29 is 14.3 Å². The summed E-state index contributed by atoms with van der Waals surface area (Å²) in [6, 6.07) is 13.5. The molecule has 0 bridgehead atoms. The summed E-state index contributed by atoms with van der Waals surface area (Å²) in [5, 5.41) is 9.39. The van der Waals surface area contributed by atoms with E-state index >= 15 is 0 Å². The lowest BCUT2D eigenvalue weighted by atomic mass is 10.0. The Hall–Kier alpha value is -3.13. The maximum atomic E-state index is 12.9. The first-order valence-electron chi connectivity index (χ1n) is 11.2. The Bertz CT molecular complexity index is 1140. The fourth-order valence-electron chi connectivity index (χ4n) is 3.70. The van der Waals surface area contributed by atoms with Crippen molar-refractivity contribution in [3.8, 4) is 22.9 Å². The molecule has 33 heavy (non-hydrogen) atoms. The van der Waals surface area contributed by atoms with Crippen LogP contribution in [0.15, 0.2) is 47.6 Å². The molecule has 1 aliphatic heterocycles. The molecule has 4 rings (SSSR count). The SMILES string of the molecule is CCCCSc1nnc2c(n1)OC(c1ccc(OCC)cc1)N(C(C)=O)c1ccc(C)cc1-2. The number of nitrogens with zero attached hydrogens (tertiary/aromatic N) is 4. The molecule has 1 unspecified atom stereocenters. The quantitative estimate of drug-likeness (QED) is 0.333. The van der Waals surface area contributed by atoms with Crippen LogP contribution in [0.25, 0.3) is 11.3 Å². The van der Waals surface area contributed by atoms with Crippen molar-refractivity contribution in [1.29, 1.82) is 0 Å². The van der Waals surface area contributed by atoms with Crippen molar-refractivity contribution in [2.75, 3.05) is 17.3 Å². The van der Waals surface area contributed by atoms with Gasteiger partial charge in [0.1, 0.15) is 5.75 Å². The van der Waals surface area contributed by atoms with Crippen molar-refractivity contribution in [2.45, 2.75) is 51.9 Å². The van der Waals surface area contributed by atoms with Gasteiger partial charge in [0, 0.05) is 23.8 Å². The number of hydrogen-bond acceptors (Lipinski definition) is 7. The smallest absolute Gasteiger partial charge is 0.247 e. The third kappa shape index (κ3) is 4.95. The number of carbonyl (C=O) groups is 1. The van der Waals surface area contributed by atoms with Gasteiger partial charge in [-0.2, -0.15) is 4.98 Å². The molecule has 1 aromatic heterocycles. The second kappa shape index (κ2) is 10.2. The lowest BCUT2D eigenvalue weighted by molar-refractivity contribution is -0.118. The van der Waals surface area contributed by atoms with Crippen LogP contribution in [0.4, 0.5) is 5.69 Å². The van der Waals surface area contributed by atoms with Gasteiger partial charge in [-0.25, -0.2) is 0 Å². The molecule has 3 aromatic rings. The molecule has 1 amide bonds. The van der Waals surface area contributed by atoms with Gasteiger partial charge >= 0.3 is 0 Å². The summed E-state index contributed by atoms with van der Waals surface area (Å²) in [7, 11) is 0. The fraction of sp³-hybridized carbons (Fsp3) is 0.360.